The van der Waals surface area contributed by atoms with Crippen molar-refractivity contribution in [3.8, 4) is 0 Å². The Morgan fingerprint density at radius 2 is 1.87 bits per heavy atom. The molecular weight excluding hydrogens is 389 g/mol. The van der Waals surface area contributed by atoms with Gasteiger partial charge in [0.2, 0.25) is 0 Å². The van der Waals surface area contributed by atoms with E-state index in [1.165, 1.54) is 0 Å². The standard InChI is InChI=1S/C26H24FN3O/c27-15-17-10-12-29(16-17)23-7-3-5-19-11-13-30(26(31)25(19)23)24-14-20(24)22-9-8-18-4-1-2-6-21(18)28-22/h1-9,11,13,17,20,24H,10,12,14-16H2. The van der Waals surface area contributed by atoms with Gasteiger partial charge in [-0.05, 0) is 42.5 Å². The molecule has 31 heavy (non-hydrogen) atoms. The number of anilines is 1. The summed E-state index contributed by atoms with van der Waals surface area (Å²) in [5.74, 6) is 0.322. The van der Waals surface area contributed by atoms with Crippen LogP contribution in [-0.4, -0.2) is 29.3 Å². The summed E-state index contributed by atoms with van der Waals surface area (Å²) in [4.78, 5) is 20.6. The molecule has 2 aromatic heterocycles. The maximum absolute atomic E-state index is 13.6. The van der Waals surface area contributed by atoms with Crippen LogP contribution in [0.3, 0.4) is 0 Å². The molecule has 3 heterocycles. The van der Waals surface area contributed by atoms with Crippen LogP contribution in [0, 0.1) is 5.92 Å². The maximum atomic E-state index is 13.6. The van der Waals surface area contributed by atoms with E-state index in [0.29, 0.717) is 6.54 Å². The summed E-state index contributed by atoms with van der Waals surface area (Å²) in [5.41, 5.74) is 3.03. The summed E-state index contributed by atoms with van der Waals surface area (Å²) in [6, 6.07) is 20.5. The first kappa shape index (κ1) is 18.6. The summed E-state index contributed by atoms with van der Waals surface area (Å²) >= 11 is 0. The normalized spacial score (nSPS) is 23.0. The Hall–Kier alpha value is -3.21. The van der Waals surface area contributed by atoms with E-state index in [2.05, 4.69) is 23.1 Å². The van der Waals surface area contributed by atoms with Crippen LogP contribution >= 0.6 is 0 Å². The number of benzene rings is 2. The Morgan fingerprint density at radius 3 is 2.74 bits per heavy atom. The van der Waals surface area contributed by atoms with E-state index in [9.17, 15) is 9.18 Å². The highest BCUT2D eigenvalue weighted by Crippen LogP contribution is 2.50. The van der Waals surface area contributed by atoms with E-state index >= 15 is 0 Å². The zero-order chi connectivity index (χ0) is 20.9. The Morgan fingerprint density at radius 1 is 1.00 bits per heavy atom. The molecule has 156 valence electrons. The number of fused-ring (bicyclic) bond motifs is 2. The molecule has 0 N–H and O–H groups in total. The van der Waals surface area contributed by atoms with Crippen molar-refractivity contribution < 1.29 is 4.39 Å². The van der Waals surface area contributed by atoms with Gasteiger partial charge < -0.3 is 9.47 Å². The van der Waals surface area contributed by atoms with E-state index in [0.717, 1.165) is 52.4 Å². The first-order valence-corrected chi connectivity index (χ1v) is 11.0. The topological polar surface area (TPSA) is 38.1 Å². The molecule has 4 nitrogen and oxygen atoms in total. The van der Waals surface area contributed by atoms with Gasteiger partial charge in [0.05, 0.1) is 23.3 Å². The lowest BCUT2D eigenvalue weighted by molar-refractivity contribution is 0.385. The fourth-order valence-corrected chi connectivity index (χ4v) is 5.08. The van der Waals surface area contributed by atoms with Crippen molar-refractivity contribution in [3.63, 3.8) is 0 Å². The van der Waals surface area contributed by atoms with Gasteiger partial charge in [-0.2, -0.15) is 0 Å². The number of hydrogen-bond acceptors (Lipinski definition) is 3. The molecule has 4 aromatic rings. The van der Waals surface area contributed by atoms with Gasteiger partial charge in [-0.15, -0.1) is 0 Å². The lowest BCUT2D eigenvalue weighted by Crippen LogP contribution is -2.25. The van der Waals surface area contributed by atoms with Gasteiger partial charge in [0, 0.05) is 48.2 Å². The van der Waals surface area contributed by atoms with Gasteiger partial charge in [-0.25, -0.2) is 0 Å². The Labute approximate surface area is 179 Å². The molecule has 5 heteroatoms. The van der Waals surface area contributed by atoms with Crippen LogP contribution in [0.1, 0.15) is 30.5 Å². The second kappa shape index (κ2) is 7.19. The van der Waals surface area contributed by atoms with Crippen molar-refractivity contribution in [3.05, 3.63) is 82.9 Å². The van der Waals surface area contributed by atoms with Crippen molar-refractivity contribution in [2.24, 2.45) is 5.92 Å². The Balaban J connectivity index is 1.37. The third-order valence-corrected chi connectivity index (χ3v) is 6.90. The molecule has 0 bridgehead atoms. The van der Waals surface area contributed by atoms with Gasteiger partial charge in [-0.3, -0.25) is 14.2 Å². The van der Waals surface area contributed by atoms with Gasteiger partial charge >= 0.3 is 0 Å². The highest BCUT2D eigenvalue weighted by Gasteiger charge is 2.42. The SMILES string of the molecule is O=c1c2c(N3CCC(CF)C3)cccc2ccn1C1CC1c1ccc2ccccc2n1. The van der Waals surface area contributed by atoms with E-state index in [1.807, 2.05) is 53.2 Å². The average molecular weight is 413 g/mol. The van der Waals surface area contributed by atoms with Gasteiger partial charge in [0.25, 0.3) is 5.56 Å². The van der Waals surface area contributed by atoms with E-state index in [1.54, 1.807) is 0 Å². The monoisotopic (exact) mass is 413 g/mol. The predicted molar refractivity (Wildman–Crippen MR) is 123 cm³/mol. The summed E-state index contributed by atoms with van der Waals surface area (Å²) in [6.07, 6.45) is 3.69. The summed E-state index contributed by atoms with van der Waals surface area (Å²) in [5, 5.41) is 2.83. The molecule has 0 amide bonds. The van der Waals surface area contributed by atoms with Gasteiger partial charge in [0.1, 0.15) is 0 Å². The summed E-state index contributed by atoms with van der Waals surface area (Å²) in [7, 11) is 0. The number of hydrogen-bond donors (Lipinski definition) is 0. The molecule has 6 rings (SSSR count). The lowest BCUT2D eigenvalue weighted by atomic mass is 10.1. The maximum Gasteiger partial charge on any atom is 0.260 e. The van der Waals surface area contributed by atoms with Crippen molar-refractivity contribution in [2.75, 3.05) is 24.7 Å². The van der Waals surface area contributed by atoms with E-state index < -0.39 is 0 Å². The number of pyridine rings is 2. The van der Waals surface area contributed by atoms with Crippen molar-refractivity contribution in [1.29, 1.82) is 0 Å². The molecule has 1 saturated heterocycles. The minimum atomic E-state index is -0.298. The smallest absolute Gasteiger partial charge is 0.260 e. The molecule has 0 radical (unpaired) electrons. The quantitative estimate of drug-likeness (QED) is 0.469. The van der Waals surface area contributed by atoms with Gasteiger partial charge in [-0.1, -0.05) is 36.4 Å². The highest BCUT2D eigenvalue weighted by molar-refractivity contribution is 5.93. The van der Waals surface area contributed by atoms with Crippen molar-refractivity contribution in [2.45, 2.75) is 24.8 Å². The first-order valence-electron chi connectivity index (χ1n) is 11.0. The van der Waals surface area contributed by atoms with Crippen LogP contribution in [0.4, 0.5) is 10.1 Å². The zero-order valence-corrected chi connectivity index (χ0v) is 17.2. The molecule has 1 saturated carbocycles. The Bertz CT molecular complexity index is 1350. The third kappa shape index (κ3) is 3.11. The second-order valence-corrected chi connectivity index (χ2v) is 8.86. The van der Waals surface area contributed by atoms with Gasteiger partial charge in [0.15, 0.2) is 0 Å². The Kier molecular flexibility index (Phi) is 4.30. The summed E-state index contributed by atoms with van der Waals surface area (Å²) in [6.45, 7) is 1.18. The zero-order valence-electron chi connectivity index (χ0n) is 17.2. The molecule has 1 aliphatic carbocycles. The average Bonchev–Trinajstić information content (AvgIpc) is 3.45. The van der Waals surface area contributed by atoms with Crippen LogP contribution in [-0.2, 0) is 0 Å². The third-order valence-electron chi connectivity index (χ3n) is 6.90. The highest BCUT2D eigenvalue weighted by atomic mass is 19.1. The molecule has 2 fully saturated rings. The van der Waals surface area contributed by atoms with Crippen molar-refractivity contribution >= 4 is 27.4 Å². The minimum Gasteiger partial charge on any atom is -0.370 e. The van der Waals surface area contributed by atoms with Crippen LogP contribution in [0.25, 0.3) is 21.7 Å². The number of halogens is 1. The second-order valence-electron chi connectivity index (χ2n) is 8.86. The molecule has 1 aliphatic heterocycles. The van der Waals surface area contributed by atoms with E-state index in [4.69, 9.17) is 4.98 Å². The predicted octanol–water partition coefficient (Wildman–Crippen LogP) is 5.07. The molecule has 0 spiro atoms. The number of rotatable bonds is 4. The van der Waals surface area contributed by atoms with Crippen molar-refractivity contribution in [1.82, 2.24) is 9.55 Å². The summed E-state index contributed by atoms with van der Waals surface area (Å²) < 4.78 is 15.0. The molecule has 2 aliphatic rings. The van der Waals surface area contributed by atoms with Crippen LogP contribution in [0.15, 0.2) is 71.7 Å². The fourth-order valence-electron chi connectivity index (χ4n) is 5.08. The molecule has 3 unspecified atom stereocenters. The van der Waals surface area contributed by atoms with Crippen LogP contribution in [0.5, 0.6) is 0 Å². The number of para-hydroxylation sites is 1. The molecular formula is C26H24FN3O. The fraction of sp³-hybridized carbons (Fsp3) is 0.308. The molecule has 2 aromatic carbocycles. The number of nitrogens with zero attached hydrogens (tertiary/aromatic N) is 3. The lowest BCUT2D eigenvalue weighted by Gasteiger charge is -2.20. The van der Waals surface area contributed by atoms with Crippen LogP contribution < -0.4 is 10.5 Å². The van der Waals surface area contributed by atoms with Crippen LogP contribution in [0.2, 0.25) is 0 Å². The largest absolute Gasteiger partial charge is 0.370 e. The first-order chi connectivity index (χ1) is 15.2. The number of alkyl halides is 1. The van der Waals surface area contributed by atoms with E-state index in [-0.39, 0.29) is 30.1 Å². The minimum absolute atomic E-state index is 0.0464. The molecule has 3 atom stereocenters. The number of aromatic nitrogens is 2.